The summed E-state index contributed by atoms with van der Waals surface area (Å²) < 4.78 is 24.5. The van der Waals surface area contributed by atoms with Crippen molar-refractivity contribution in [1.82, 2.24) is 5.32 Å². The van der Waals surface area contributed by atoms with Crippen molar-refractivity contribution in [3.63, 3.8) is 0 Å². The minimum atomic E-state index is -0.575. The first-order valence-corrected chi connectivity index (χ1v) is 12.5. The number of nitrogens with one attached hydrogen (secondary N) is 1. The minimum Gasteiger partial charge on any atom is -0.463 e. The molecule has 0 amide bonds. The number of fused-ring (bicyclic) bond motifs is 2. The molecule has 36 heavy (non-hydrogen) atoms. The maximum absolute atomic E-state index is 13.9. The second kappa shape index (κ2) is 9.99. The van der Waals surface area contributed by atoms with Crippen LogP contribution in [0.25, 0.3) is 21.7 Å². The van der Waals surface area contributed by atoms with Crippen molar-refractivity contribution in [2.75, 3.05) is 6.61 Å². The average Bonchev–Trinajstić information content (AvgIpc) is 2.87. The third-order valence-electron chi connectivity index (χ3n) is 5.99. The van der Waals surface area contributed by atoms with Crippen molar-refractivity contribution >= 4 is 44.6 Å². The monoisotopic (exact) mass is 502 g/mol. The van der Waals surface area contributed by atoms with Gasteiger partial charge in [-0.15, -0.1) is 0 Å². The number of hydrogen-bond donors (Lipinski definition) is 1. The summed E-state index contributed by atoms with van der Waals surface area (Å²) in [6.45, 7) is 3.84. The molecule has 0 fully saturated rings. The molecule has 8 heteroatoms. The Labute approximate surface area is 210 Å². The molecule has 0 bridgehead atoms. The van der Waals surface area contributed by atoms with E-state index in [0.29, 0.717) is 38.7 Å². The molecular formula is C28H23FN2O4S. The Bertz CT molecular complexity index is 1600. The molecule has 0 radical (unpaired) electrons. The summed E-state index contributed by atoms with van der Waals surface area (Å²) in [6, 6.07) is 18.7. The van der Waals surface area contributed by atoms with Gasteiger partial charge in [0.25, 0.3) is 0 Å². The average molecular weight is 503 g/mol. The zero-order chi connectivity index (χ0) is 25.2. The van der Waals surface area contributed by atoms with Crippen molar-refractivity contribution in [2.45, 2.75) is 25.6 Å². The minimum absolute atomic E-state index is 0.253. The summed E-state index contributed by atoms with van der Waals surface area (Å²) in [5.41, 5.74) is 2.44. The predicted molar refractivity (Wildman–Crippen MR) is 140 cm³/mol. The molecule has 1 N–H and O–H groups in total. The number of benzene rings is 3. The van der Waals surface area contributed by atoms with E-state index >= 15 is 0 Å². The fraction of sp³-hybridized carbons (Fsp3) is 0.179. The van der Waals surface area contributed by atoms with Gasteiger partial charge in [-0.25, -0.2) is 19.0 Å². The lowest BCUT2D eigenvalue weighted by atomic mass is 9.92. The van der Waals surface area contributed by atoms with E-state index in [9.17, 15) is 14.0 Å². The van der Waals surface area contributed by atoms with E-state index in [4.69, 9.17) is 14.1 Å². The van der Waals surface area contributed by atoms with Crippen LogP contribution in [0, 0.1) is 5.82 Å². The number of aliphatic imine (C=N–C) groups is 1. The Kier molecular flexibility index (Phi) is 6.61. The Morgan fingerprint density at radius 1 is 1.11 bits per heavy atom. The lowest BCUT2D eigenvalue weighted by Crippen LogP contribution is -2.30. The van der Waals surface area contributed by atoms with Gasteiger partial charge in [-0.05, 0) is 53.9 Å². The van der Waals surface area contributed by atoms with Gasteiger partial charge in [-0.2, -0.15) is 0 Å². The van der Waals surface area contributed by atoms with Crippen LogP contribution in [0.4, 0.5) is 4.39 Å². The molecule has 1 aliphatic heterocycles. The lowest BCUT2D eigenvalue weighted by Gasteiger charge is -2.26. The van der Waals surface area contributed by atoms with Crippen LogP contribution < -0.4 is 10.9 Å². The SMILES string of the molecule is CCOC(=O)C1=C(C)NC(SCc2cc(=O)oc3ccc(F)cc23)=N[C@@H]1c1cccc2ccccc12. The van der Waals surface area contributed by atoms with Crippen LogP contribution in [0.3, 0.4) is 0 Å². The highest BCUT2D eigenvalue weighted by molar-refractivity contribution is 8.13. The number of amidine groups is 1. The smallest absolute Gasteiger partial charge is 0.338 e. The zero-order valence-electron chi connectivity index (χ0n) is 19.7. The van der Waals surface area contributed by atoms with E-state index in [2.05, 4.69) is 5.32 Å². The molecule has 0 spiro atoms. The summed E-state index contributed by atoms with van der Waals surface area (Å²) in [4.78, 5) is 29.9. The van der Waals surface area contributed by atoms with E-state index in [-0.39, 0.29) is 6.61 Å². The number of halogens is 1. The van der Waals surface area contributed by atoms with Crippen molar-refractivity contribution in [3.8, 4) is 0 Å². The number of ether oxygens (including phenoxy) is 1. The standard InChI is InChI=1S/C28H23FN2O4S/c1-3-34-27(33)25-16(2)30-28(31-26(25)21-10-6-8-17-7-4-5-9-20(17)21)36-15-18-13-24(32)35-23-12-11-19(29)14-22(18)23/h4-14,26H,3,15H2,1-2H3,(H,30,31)/t26-/m1/s1. The van der Waals surface area contributed by atoms with Gasteiger partial charge >= 0.3 is 11.6 Å². The second-order valence-electron chi connectivity index (χ2n) is 8.31. The van der Waals surface area contributed by atoms with Crippen LogP contribution in [0.1, 0.15) is 31.0 Å². The number of allylic oxidation sites excluding steroid dienone is 1. The quantitative estimate of drug-likeness (QED) is 0.272. The molecule has 182 valence electrons. The number of thioether (sulfide) groups is 1. The molecular weight excluding hydrogens is 479 g/mol. The highest BCUT2D eigenvalue weighted by atomic mass is 32.2. The molecule has 1 atom stereocenters. The van der Waals surface area contributed by atoms with Crippen molar-refractivity contribution in [2.24, 2.45) is 4.99 Å². The highest BCUT2D eigenvalue weighted by Gasteiger charge is 2.31. The predicted octanol–water partition coefficient (Wildman–Crippen LogP) is 5.86. The topological polar surface area (TPSA) is 80.9 Å². The van der Waals surface area contributed by atoms with Crippen molar-refractivity contribution < 1.29 is 18.3 Å². The third kappa shape index (κ3) is 4.64. The number of rotatable bonds is 5. The van der Waals surface area contributed by atoms with Crippen LogP contribution in [-0.4, -0.2) is 17.7 Å². The van der Waals surface area contributed by atoms with Gasteiger partial charge in [0, 0.05) is 22.9 Å². The maximum atomic E-state index is 13.9. The number of carbonyl (C=O) groups is 1. The van der Waals surface area contributed by atoms with E-state index in [1.54, 1.807) is 6.92 Å². The summed E-state index contributed by atoms with van der Waals surface area (Å²) in [6.07, 6.45) is 0. The summed E-state index contributed by atoms with van der Waals surface area (Å²) in [5, 5.41) is 6.37. The van der Waals surface area contributed by atoms with Gasteiger partial charge < -0.3 is 14.5 Å². The van der Waals surface area contributed by atoms with E-state index in [1.165, 1.54) is 36.0 Å². The number of carbonyl (C=O) groups excluding carboxylic acids is 1. The summed E-state index contributed by atoms with van der Waals surface area (Å²) >= 11 is 1.36. The fourth-order valence-corrected chi connectivity index (χ4v) is 5.31. The molecule has 0 aliphatic carbocycles. The number of esters is 1. The largest absolute Gasteiger partial charge is 0.463 e. The van der Waals surface area contributed by atoms with Gasteiger partial charge in [0.05, 0.1) is 12.2 Å². The van der Waals surface area contributed by atoms with Gasteiger partial charge in [-0.1, -0.05) is 54.2 Å². The molecule has 4 aromatic rings. The van der Waals surface area contributed by atoms with Crippen LogP contribution in [0.2, 0.25) is 0 Å². The Morgan fingerprint density at radius 3 is 2.75 bits per heavy atom. The van der Waals surface area contributed by atoms with Gasteiger partial charge in [-0.3, -0.25) is 0 Å². The first kappa shape index (κ1) is 23.8. The second-order valence-corrected chi connectivity index (χ2v) is 9.27. The van der Waals surface area contributed by atoms with Gasteiger partial charge in [0.15, 0.2) is 5.17 Å². The molecule has 1 aromatic heterocycles. The molecule has 6 nitrogen and oxygen atoms in total. The zero-order valence-corrected chi connectivity index (χ0v) is 20.5. The van der Waals surface area contributed by atoms with Crippen LogP contribution in [-0.2, 0) is 15.3 Å². The van der Waals surface area contributed by atoms with E-state index < -0.39 is 23.5 Å². The van der Waals surface area contributed by atoms with E-state index in [1.807, 2.05) is 49.4 Å². The Balaban J connectivity index is 1.54. The number of nitrogens with zero attached hydrogens (tertiary/aromatic N) is 1. The maximum Gasteiger partial charge on any atom is 0.338 e. The Hall–Kier alpha value is -3.91. The van der Waals surface area contributed by atoms with Crippen molar-refractivity contribution in [3.05, 3.63) is 105 Å². The molecule has 0 unspecified atom stereocenters. The van der Waals surface area contributed by atoms with E-state index in [0.717, 1.165) is 16.3 Å². The summed E-state index contributed by atoms with van der Waals surface area (Å²) in [5.74, 6) is -0.484. The van der Waals surface area contributed by atoms with Crippen molar-refractivity contribution in [1.29, 1.82) is 0 Å². The Morgan fingerprint density at radius 2 is 1.92 bits per heavy atom. The fourth-order valence-electron chi connectivity index (χ4n) is 4.37. The molecule has 3 aromatic carbocycles. The first-order chi connectivity index (χ1) is 17.4. The third-order valence-corrected chi connectivity index (χ3v) is 6.92. The highest BCUT2D eigenvalue weighted by Crippen LogP contribution is 2.37. The molecule has 2 heterocycles. The van der Waals surface area contributed by atoms with Crippen LogP contribution in [0.15, 0.2) is 92.2 Å². The van der Waals surface area contributed by atoms with Gasteiger partial charge in [0.2, 0.25) is 0 Å². The van der Waals surface area contributed by atoms with Gasteiger partial charge in [0.1, 0.15) is 17.4 Å². The molecule has 5 rings (SSSR count). The molecule has 1 aliphatic rings. The first-order valence-electron chi connectivity index (χ1n) is 11.5. The summed E-state index contributed by atoms with van der Waals surface area (Å²) in [7, 11) is 0. The molecule has 0 saturated heterocycles. The van der Waals surface area contributed by atoms with Crippen LogP contribution in [0.5, 0.6) is 0 Å². The molecule has 0 saturated carbocycles. The number of hydrogen-bond acceptors (Lipinski definition) is 7. The van der Waals surface area contributed by atoms with Crippen LogP contribution >= 0.6 is 11.8 Å². The lowest BCUT2D eigenvalue weighted by molar-refractivity contribution is -0.138. The normalized spacial score (nSPS) is 15.6.